The van der Waals surface area contributed by atoms with Gasteiger partial charge in [-0.1, -0.05) is 31.4 Å². The summed E-state index contributed by atoms with van der Waals surface area (Å²) in [7, 11) is 0. The van der Waals surface area contributed by atoms with Crippen LogP contribution in [-0.4, -0.2) is 29.3 Å². The summed E-state index contributed by atoms with van der Waals surface area (Å²) < 4.78 is 25.6. The van der Waals surface area contributed by atoms with Gasteiger partial charge in [-0.05, 0) is 91.2 Å². The van der Waals surface area contributed by atoms with Crippen molar-refractivity contribution < 1.29 is 18.7 Å². The summed E-state index contributed by atoms with van der Waals surface area (Å²) in [6.07, 6.45) is 7.23. The van der Waals surface area contributed by atoms with Gasteiger partial charge in [0.1, 0.15) is 18.5 Å². The molecule has 1 atom stereocenters. The van der Waals surface area contributed by atoms with Gasteiger partial charge in [-0.25, -0.2) is 14.2 Å². The lowest BCUT2D eigenvalue weighted by molar-refractivity contribution is 0.0140. The van der Waals surface area contributed by atoms with Crippen molar-refractivity contribution in [1.29, 1.82) is 0 Å². The van der Waals surface area contributed by atoms with Gasteiger partial charge in [0.2, 0.25) is 5.88 Å². The van der Waals surface area contributed by atoms with Crippen LogP contribution in [0.5, 0.6) is 5.88 Å². The van der Waals surface area contributed by atoms with E-state index in [0.717, 1.165) is 41.3 Å². The zero-order valence-electron chi connectivity index (χ0n) is 19.0. The van der Waals surface area contributed by atoms with Gasteiger partial charge in [0, 0.05) is 11.7 Å². The number of halogens is 2. The van der Waals surface area contributed by atoms with Crippen molar-refractivity contribution in [2.24, 2.45) is 5.92 Å². The Labute approximate surface area is 198 Å². The predicted octanol–water partition coefficient (Wildman–Crippen LogP) is 6.43. The third kappa shape index (κ3) is 7.76. The van der Waals surface area contributed by atoms with E-state index in [-0.39, 0.29) is 30.0 Å². The van der Waals surface area contributed by atoms with Crippen LogP contribution in [0, 0.1) is 11.7 Å². The highest BCUT2D eigenvalue weighted by Gasteiger charge is 2.29. The fourth-order valence-corrected chi connectivity index (χ4v) is 4.42. The number of nitrogens with zero attached hydrogens (tertiary/aromatic N) is 1. The lowest BCUT2D eigenvalue weighted by atomic mass is 9.85. The molecule has 1 saturated carbocycles. The molecule has 32 heavy (non-hydrogen) atoms. The summed E-state index contributed by atoms with van der Waals surface area (Å²) >= 11 is 3.54. The molecule has 1 aromatic heterocycles. The Bertz CT molecular complexity index is 893. The number of carbonyl (C=O) groups is 1. The number of ether oxygens (including phenoxy) is 2. The highest BCUT2D eigenvalue weighted by molar-refractivity contribution is 9.10. The van der Waals surface area contributed by atoms with Crippen LogP contribution >= 0.6 is 15.9 Å². The van der Waals surface area contributed by atoms with Crippen LogP contribution in [0.2, 0.25) is 0 Å². The molecule has 0 aliphatic heterocycles. The molecule has 3 rings (SSSR count). The maximum atomic E-state index is 13.1. The molecule has 1 aliphatic carbocycles. The van der Waals surface area contributed by atoms with Gasteiger partial charge in [-0.2, -0.15) is 0 Å². The smallest absolute Gasteiger partial charge is 0.407 e. The number of pyridine rings is 1. The molecule has 1 amide bonds. The third-order valence-corrected chi connectivity index (χ3v) is 6.05. The highest BCUT2D eigenvalue weighted by atomic mass is 79.9. The Morgan fingerprint density at radius 3 is 2.50 bits per heavy atom. The van der Waals surface area contributed by atoms with E-state index in [1.165, 1.54) is 18.6 Å². The minimum atomic E-state index is -0.418. The van der Waals surface area contributed by atoms with E-state index in [1.807, 2.05) is 26.8 Å². The van der Waals surface area contributed by atoms with Crippen LogP contribution < -0.4 is 10.1 Å². The maximum absolute atomic E-state index is 13.1. The van der Waals surface area contributed by atoms with Gasteiger partial charge in [0.15, 0.2) is 0 Å². The van der Waals surface area contributed by atoms with Gasteiger partial charge in [0.25, 0.3) is 0 Å². The van der Waals surface area contributed by atoms with E-state index in [2.05, 4.69) is 26.2 Å². The van der Waals surface area contributed by atoms with Crippen LogP contribution in [0.4, 0.5) is 9.18 Å². The summed E-state index contributed by atoms with van der Waals surface area (Å²) in [5, 5.41) is 2.87. The molecule has 0 unspecified atom stereocenters. The van der Waals surface area contributed by atoms with Crippen LogP contribution in [0.25, 0.3) is 0 Å². The first-order valence-electron chi connectivity index (χ1n) is 11.2. The van der Waals surface area contributed by atoms with Crippen molar-refractivity contribution in [2.45, 2.75) is 70.9 Å². The molecular formula is C25H32BrFN2O3. The number of amides is 1. The number of hydrogen-bond acceptors (Lipinski definition) is 4. The molecule has 1 N–H and O–H groups in total. The third-order valence-electron chi connectivity index (χ3n) is 5.48. The SMILES string of the molecule is CC(C)(C)NC(=O)O[C@H](COc1ncc(Cc2ccc(F)cc2)cc1Br)C1CCCCC1. The molecule has 7 heteroatoms. The highest BCUT2D eigenvalue weighted by Crippen LogP contribution is 2.30. The number of hydrogen-bond donors (Lipinski definition) is 1. The molecule has 174 valence electrons. The van der Waals surface area contributed by atoms with Gasteiger partial charge in [-0.15, -0.1) is 0 Å². The Balaban J connectivity index is 1.63. The van der Waals surface area contributed by atoms with E-state index < -0.39 is 6.09 Å². The van der Waals surface area contributed by atoms with Crippen molar-refractivity contribution >= 4 is 22.0 Å². The maximum Gasteiger partial charge on any atom is 0.407 e. The summed E-state index contributed by atoms with van der Waals surface area (Å²) in [6.45, 7) is 6.03. The zero-order chi connectivity index (χ0) is 23.1. The van der Waals surface area contributed by atoms with Crippen molar-refractivity contribution in [3.63, 3.8) is 0 Å². The Morgan fingerprint density at radius 1 is 1.19 bits per heavy atom. The molecule has 1 fully saturated rings. The van der Waals surface area contributed by atoms with E-state index in [0.29, 0.717) is 12.3 Å². The van der Waals surface area contributed by atoms with E-state index >= 15 is 0 Å². The first kappa shape index (κ1) is 24.5. The molecule has 1 aliphatic rings. The lowest BCUT2D eigenvalue weighted by Gasteiger charge is -2.31. The molecule has 0 bridgehead atoms. The zero-order valence-corrected chi connectivity index (χ0v) is 20.6. The number of carbonyl (C=O) groups excluding carboxylic acids is 1. The predicted molar refractivity (Wildman–Crippen MR) is 126 cm³/mol. The second-order valence-electron chi connectivity index (χ2n) is 9.46. The molecule has 5 nitrogen and oxygen atoms in total. The second-order valence-corrected chi connectivity index (χ2v) is 10.3. The van der Waals surface area contributed by atoms with Crippen molar-refractivity contribution in [3.05, 3.63) is 57.9 Å². The largest absolute Gasteiger partial charge is 0.473 e. The number of benzene rings is 1. The van der Waals surface area contributed by atoms with E-state index in [1.54, 1.807) is 18.3 Å². The summed E-state index contributed by atoms with van der Waals surface area (Å²) in [4.78, 5) is 16.8. The Morgan fingerprint density at radius 2 is 1.88 bits per heavy atom. The standard InChI is InChI=1S/C25H32BrFN2O3/c1-25(2,3)29-24(30)32-22(19-7-5-4-6-8-19)16-31-23-21(26)14-18(15-28-23)13-17-9-11-20(27)12-10-17/h9-12,14-15,19,22H,4-8,13,16H2,1-3H3,(H,29,30)/t22-/m1/s1. The minimum absolute atomic E-state index is 0.247. The van der Waals surface area contributed by atoms with Crippen molar-refractivity contribution in [2.75, 3.05) is 6.61 Å². The van der Waals surface area contributed by atoms with Crippen LogP contribution in [0.3, 0.4) is 0 Å². The first-order chi connectivity index (χ1) is 15.2. The average molecular weight is 507 g/mol. The van der Waals surface area contributed by atoms with Gasteiger partial charge in [0.05, 0.1) is 4.47 Å². The fraction of sp³-hybridized carbons (Fsp3) is 0.520. The molecule has 1 heterocycles. The van der Waals surface area contributed by atoms with Crippen LogP contribution in [0.1, 0.15) is 64.0 Å². The summed E-state index contributed by atoms with van der Waals surface area (Å²) in [5.41, 5.74) is 1.63. The van der Waals surface area contributed by atoms with Crippen molar-refractivity contribution in [1.82, 2.24) is 10.3 Å². The van der Waals surface area contributed by atoms with Crippen molar-refractivity contribution in [3.8, 4) is 5.88 Å². The molecular weight excluding hydrogens is 475 g/mol. The minimum Gasteiger partial charge on any atom is -0.473 e. The summed E-state index contributed by atoms with van der Waals surface area (Å²) in [5.74, 6) is 0.502. The summed E-state index contributed by atoms with van der Waals surface area (Å²) in [6, 6.07) is 8.40. The quantitative estimate of drug-likeness (QED) is 0.470. The van der Waals surface area contributed by atoms with Crippen LogP contribution in [0.15, 0.2) is 41.0 Å². The molecule has 2 aromatic rings. The lowest BCUT2D eigenvalue weighted by Crippen LogP contribution is -2.44. The topological polar surface area (TPSA) is 60.5 Å². The number of alkyl carbamates (subject to hydrolysis) is 1. The van der Waals surface area contributed by atoms with Crippen LogP contribution in [-0.2, 0) is 11.2 Å². The van der Waals surface area contributed by atoms with Gasteiger partial charge >= 0.3 is 6.09 Å². The van der Waals surface area contributed by atoms with Gasteiger partial charge < -0.3 is 14.8 Å². The normalized spacial score (nSPS) is 15.8. The fourth-order valence-electron chi connectivity index (χ4n) is 3.91. The Kier molecular flexibility index (Phi) is 8.51. The molecule has 0 saturated heterocycles. The van der Waals surface area contributed by atoms with Gasteiger partial charge in [-0.3, -0.25) is 0 Å². The molecule has 0 radical (unpaired) electrons. The second kappa shape index (κ2) is 11.1. The molecule has 0 spiro atoms. The monoisotopic (exact) mass is 506 g/mol. The van der Waals surface area contributed by atoms with E-state index in [4.69, 9.17) is 9.47 Å². The molecule has 1 aromatic carbocycles. The number of aromatic nitrogens is 1. The number of rotatable bonds is 7. The first-order valence-corrected chi connectivity index (χ1v) is 12.0. The van der Waals surface area contributed by atoms with E-state index in [9.17, 15) is 9.18 Å². The number of nitrogens with one attached hydrogen (secondary N) is 1. The Hall–Kier alpha value is -2.15. The average Bonchev–Trinajstić information content (AvgIpc) is 2.73.